The van der Waals surface area contributed by atoms with Gasteiger partial charge < -0.3 is 0 Å². The van der Waals surface area contributed by atoms with Gasteiger partial charge in [0, 0.05) is 17.5 Å². The second kappa shape index (κ2) is 6.36. The van der Waals surface area contributed by atoms with Gasteiger partial charge in [0.1, 0.15) is 23.1 Å². The molecule has 2 rings (SSSR count). The van der Waals surface area contributed by atoms with E-state index in [2.05, 4.69) is 18.0 Å². The molecule has 3 N–H and O–H groups in total. The van der Waals surface area contributed by atoms with Crippen molar-refractivity contribution in [2.45, 2.75) is 33.1 Å². The predicted octanol–water partition coefficient (Wildman–Crippen LogP) is 3.28. The smallest absolute Gasteiger partial charge is 0.286 e. The van der Waals surface area contributed by atoms with Crippen LogP contribution in [0.1, 0.15) is 37.1 Å². The van der Waals surface area contributed by atoms with Crippen LogP contribution in [0, 0.1) is 17.1 Å². The highest BCUT2D eigenvalue weighted by Gasteiger charge is 2.21. The van der Waals surface area contributed by atoms with Crippen molar-refractivity contribution < 1.29 is 9.37 Å². The Morgan fingerprint density at radius 1 is 1.24 bits per heavy atom. The molecule has 3 nitrogen and oxygen atoms in total. The molecule has 1 aromatic heterocycles. The van der Waals surface area contributed by atoms with Crippen LogP contribution in [0.5, 0.6) is 0 Å². The van der Waals surface area contributed by atoms with Crippen molar-refractivity contribution in [3.05, 3.63) is 46.9 Å². The maximum Gasteiger partial charge on any atom is 0.289 e. The molecule has 1 heterocycles. The molecule has 4 heteroatoms. The van der Waals surface area contributed by atoms with Gasteiger partial charge in [-0.25, -0.2) is 9.37 Å². The zero-order chi connectivity index (χ0) is 15.4. The summed E-state index contributed by atoms with van der Waals surface area (Å²) in [4.78, 5) is 3.15. The fraction of sp³-hybridized carbons (Fsp3) is 0.294. The number of hydrogen-bond acceptors (Lipinski definition) is 2. The maximum absolute atomic E-state index is 13.2. The first kappa shape index (κ1) is 15.0. The van der Waals surface area contributed by atoms with Crippen LogP contribution in [0.2, 0.25) is 0 Å². The number of benzene rings is 1. The third-order valence-electron chi connectivity index (χ3n) is 3.57. The Morgan fingerprint density at radius 3 is 2.43 bits per heavy atom. The highest BCUT2D eigenvalue weighted by Crippen LogP contribution is 2.31. The molecule has 0 saturated carbocycles. The molecular formula is C17H19FN3+. The molecule has 0 unspecified atom stereocenters. The van der Waals surface area contributed by atoms with Crippen molar-refractivity contribution in [2.75, 3.05) is 5.73 Å². The number of halogens is 1. The third kappa shape index (κ3) is 2.87. The van der Waals surface area contributed by atoms with Gasteiger partial charge in [-0.3, -0.25) is 5.73 Å². The van der Waals surface area contributed by atoms with Crippen molar-refractivity contribution in [2.24, 2.45) is 0 Å². The number of nitrogen functional groups attached to an aromatic ring is 1. The van der Waals surface area contributed by atoms with Crippen LogP contribution >= 0.6 is 0 Å². The van der Waals surface area contributed by atoms with Crippen LogP contribution in [-0.4, -0.2) is 0 Å². The lowest BCUT2D eigenvalue weighted by Crippen LogP contribution is -2.22. The Kier molecular flexibility index (Phi) is 4.54. The Bertz CT molecular complexity index is 685. The molecule has 0 aliphatic carbocycles. The molecule has 0 aliphatic heterocycles. The van der Waals surface area contributed by atoms with Crippen molar-refractivity contribution in [1.29, 1.82) is 5.26 Å². The summed E-state index contributed by atoms with van der Waals surface area (Å²) in [6.45, 7) is 4.14. The lowest BCUT2D eigenvalue weighted by atomic mass is 9.91. The summed E-state index contributed by atoms with van der Waals surface area (Å²) in [6.07, 6.45) is 2.64. The van der Waals surface area contributed by atoms with E-state index >= 15 is 0 Å². The number of nitriles is 1. The van der Waals surface area contributed by atoms with E-state index in [-0.39, 0.29) is 5.82 Å². The van der Waals surface area contributed by atoms with Crippen molar-refractivity contribution in [3.63, 3.8) is 0 Å². The van der Waals surface area contributed by atoms with E-state index in [1.54, 1.807) is 12.1 Å². The van der Waals surface area contributed by atoms with Crippen molar-refractivity contribution >= 4 is 5.82 Å². The molecule has 0 aliphatic rings. The van der Waals surface area contributed by atoms with E-state index < -0.39 is 0 Å². The minimum Gasteiger partial charge on any atom is -0.286 e. The number of aryl methyl sites for hydroxylation is 1. The number of nitrogens with one attached hydrogen (secondary N) is 1. The van der Waals surface area contributed by atoms with Crippen molar-refractivity contribution in [1.82, 2.24) is 0 Å². The van der Waals surface area contributed by atoms with E-state index in [1.807, 2.05) is 6.92 Å². The molecule has 0 bridgehead atoms. The fourth-order valence-electron chi connectivity index (χ4n) is 2.64. The molecule has 0 saturated heterocycles. The minimum absolute atomic E-state index is 0.292. The second-order valence-electron chi connectivity index (χ2n) is 4.97. The van der Waals surface area contributed by atoms with Gasteiger partial charge in [-0.15, -0.1) is 0 Å². The highest BCUT2D eigenvalue weighted by molar-refractivity contribution is 5.77. The Hall–Kier alpha value is -2.41. The van der Waals surface area contributed by atoms with E-state index in [1.165, 1.54) is 12.1 Å². The fourth-order valence-corrected chi connectivity index (χ4v) is 2.64. The van der Waals surface area contributed by atoms with Gasteiger partial charge in [-0.2, -0.15) is 5.26 Å². The van der Waals surface area contributed by atoms with Gasteiger partial charge in [0.25, 0.3) is 5.82 Å². The van der Waals surface area contributed by atoms with Crippen LogP contribution in [0.4, 0.5) is 10.2 Å². The van der Waals surface area contributed by atoms with Crippen LogP contribution in [0.3, 0.4) is 0 Å². The standard InChI is InChI=1S/C17H18FN3/c1-3-5-15-13(4-2)16(14(10-19)17(20)21-15)11-6-8-12(18)9-7-11/h6-9H,3-5H2,1-2H3,(H2,20,21)/p+1. The number of nitrogens with zero attached hydrogens (tertiary/aromatic N) is 1. The van der Waals surface area contributed by atoms with E-state index in [4.69, 9.17) is 5.73 Å². The summed E-state index contributed by atoms with van der Waals surface area (Å²) in [5, 5.41) is 9.43. The monoisotopic (exact) mass is 284 g/mol. The molecule has 108 valence electrons. The van der Waals surface area contributed by atoms with E-state index in [0.29, 0.717) is 11.4 Å². The second-order valence-corrected chi connectivity index (χ2v) is 4.97. The third-order valence-corrected chi connectivity index (χ3v) is 3.57. The first-order valence-corrected chi connectivity index (χ1v) is 7.14. The zero-order valence-corrected chi connectivity index (χ0v) is 12.3. The number of aromatic nitrogens is 1. The summed E-state index contributed by atoms with van der Waals surface area (Å²) in [5.74, 6) is 0.0806. The normalized spacial score (nSPS) is 10.4. The van der Waals surface area contributed by atoms with E-state index in [0.717, 1.165) is 41.6 Å². The quantitative estimate of drug-likeness (QED) is 0.936. The number of H-pyrrole nitrogens is 1. The van der Waals surface area contributed by atoms with Gasteiger partial charge in [0.2, 0.25) is 0 Å². The van der Waals surface area contributed by atoms with Gasteiger partial charge in [0.15, 0.2) is 0 Å². The molecule has 0 fully saturated rings. The number of pyridine rings is 1. The van der Waals surface area contributed by atoms with Crippen molar-refractivity contribution in [3.8, 4) is 17.2 Å². The highest BCUT2D eigenvalue weighted by atomic mass is 19.1. The summed E-state index contributed by atoms with van der Waals surface area (Å²) < 4.78 is 13.2. The average Bonchev–Trinajstić information content (AvgIpc) is 2.48. The lowest BCUT2D eigenvalue weighted by molar-refractivity contribution is -0.373. The van der Waals surface area contributed by atoms with Gasteiger partial charge in [0.05, 0.1) is 0 Å². The van der Waals surface area contributed by atoms with Crippen LogP contribution in [0.25, 0.3) is 11.1 Å². The van der Waals surface area contributed by atoms with Crippen LogP contribution in [0.15, 0.2) is 24.3 Å². The molecule has 0 atom stereocenters. The molecule has 0 spiro atoms. The number of hydrogen-bond donors (Lipinski definition) is 1. The summed E-state index contributed by atoms with van der Waals surface area (Å²) >= 11 is 0. The van der Waals surface area contributed by atoms with Crippen LogP contribution < -0.4 is 10.7 Å². The Morgan fingerprint density at radius 2 is 1.90 bits per heavy atom. The largest absolute Gasteiger partial charge is 0.289 e. The summed E-state index contributed by atoms with van der Waals surface area (Å²) in [7, 11) is 0. The molecule has 2 aromatic rings. The summed E-state index contributed by atoms with van der Waals surface area (Å²) in [5.41, 5.74) is 10.2. The molecule has 21 heavy (non-hydrogen) atoms. The zero-order valence-electron chi connectivity index (χ0n) is 12.3. The number of nitrogens with two attached hydrogens (primary N) is 1. The molecule has 0 radical (unpaired) electrons. The first-order chi connectivity index (χ1) is 10.1. The number of rotatable bonds is 4. The average molecular weight is 284 g/mol. The maximum atomic E-state index is 13.2. The van der Waals surface area contributed by atoms with Gasteiger partial charge >= 0.3 is 0 Å². The lowest BCUT2D eigenvalue weighted by Gasteiger charge is -2.13. The first-order valence-electron chi connectivity index (χ1n) is 7.14. The summed E-state index contributed by atoms with van der Waals surface area (Å²) in [6, 6.07) is 8.37. The van der Waals surface area contributed by atoms with Gasteiger partial charge in [-0.1, -0.05) is 26.0 Å². The number of aromatic amines is 1. The molecule has 0 amide bonds. The number of anilines is 1. The molecular weight excluding hydrogens is 265 g/mol. The predicted molar refractivity (Wildman–Crippen MR) is 80.9 cm³/mol. The topological polar surface area (TPSA) is 63.9 Å². The van der Waals surface area contributed by atoms with Gasteiger partial charge in [-0.05, 0) is 30.5 Å². The minimum atomic E-state index is -0.292. The van der Waals surface area contributed by atoms with E-state index in [9.17, 15) is 9.65 Å². The molecule has 1 aromatic carbocycles. The SMILES string of the molecule is CCCc1[nH+]c(N)c(C#N)c(-c2ccc(F)cc2)c1CC. The Labute approximate surface area is 124 Å². The van der Waals surface area contributed by atoms with Crippen LogP contribution in [-0.2, 0) is 12.8 Å². The Balaban J connectivity index is 2.77.